The van der Waals surface area contributed by atoms with E-state index >= 15 is 0 Å². The summed E-state index contributed by atoms with van der Waals surface area (Å²) in [5.74, 6) is 0.864. The number of methoxy groups -OCH3 is 1. The van der Waals surface area contributed by atoms with Crippen molar-refractivity contribution in [3.63, 3.8) is 0 Å². The molecule has 2 heterocycles. The first-order valence-electron chi connectivity index (χ1n) is 7.22. The second kappa shape index (κ2) is 6.91. The second-order valence-corrected chi connectivity index (χ2v) is 5.28. The second-order valence-electron chi connectivity index (χ2n) is 5.28. The Morgan fingerprint density at radius 2 is 2.00 bits per heavy atom. The minimum atomic E-state index is 0.830. The zero-order chi connectivity index (χ0) is 13.7. The van der Waals surface area contributed by atoms with E-state index in [9.17, 15) is 0 Å². The van der Waals surface area contributed by atoms with Crippen LogP contribution in [0.5, 0.6) is 5.88 Å². The minimum absolute atomic E-state index is 0.830. The molecule has 1 aliphatic heterocycles. The van der Waals surface area contributed by atoms with Crippen LogP contribution in [0, 0.1) is 6.92 Å². The molecule has 5 nitrogen and oxygen atoms in total. The predicted octanol–water partition coefficient (Wildman–Crippen LogP) is 1.31. The van der Waals surface area contributed by atoms with E-state index in [0.29, 0.717) is 0 Å². The average molecular weight is 266 g/mol. The highest BCUT2D eigenvalue weighted by atomic mass is 16.5. The third kappa shape index (κ3) is 3.70. The topological polar surface area (TPSA) is 42.3 Å². The molecule has 1 aromatic heterocycles. The van der Waals surface area contributed by atoms with Crippen LogP contribution in [0.1, 0.15) is 30.5 Å². The summed E-state index contributed by atoms with van der Waals surface area (Å²) in [5, 5.41) is 7.89. The molecular formula is C14H26N4O. The Labute approximate surface area is 115 Å². The highest BCUT2D eigenvalue weighted by molar-refractivity contribution is 5.30. The van der Waals surface area contributed by atoms with Gasteiger partial charge < -0.3 is 15.0 Å². The molecular weight excluding hydrogens is 240 g/mol. The van der Waals surface area contributed by atoms with Crippen LogP contribution in [0.3, 0.4) is 0 Å². The number of rotatable bonds is 6. The molecule has 0 saturated carbocycles. The number of ether oxygens (including phenoxy) is 1. The van der Waals surface area contributed by atoms with Gasteiger partial charge in [-0.3, -0.25) is 0 Å². The molecule has 0 atom stereocenters. The van der Waals surface area contributed by atoms with Crippen molar-refractivity contribution in [2.24, 2.45) is 7.05 Å². The van der Waals surface area contributed by atoms with E-state index in [4.69, 9.17) is 4.74 Å². The lowest BCUT2D eigenvalue weighted by Crippen LogP contribution is -2.35. The first-order valence-corrected chi connectivity index (χ1v) is 7.22. The summed E-state index contributed by atoms with van der Waals surface area (Å²) in [5.41, 5.74) is 2.22. The molecule has 1 saturated heterocycles. The van der Waals surface area contributed by atoms with Crippen molar-refractivity contribution >= 4 is 0 Å². The van der Waals surface area contributed by atoms with E-state index in [-0.39, 0.29) is 0 Å². The fourth-order valence-corrected chi connectivity index (χ4v) is 2.77. The number of nitrogens with one attached hydrogen (secondary N) is 1. The molecule has 2 rings (SSSR count). The number of piperidine rings is 1. The Kier molecular flexibility index (Phi) is 5.22. The van der Waals surface area contributed by atoms with Crippen LogP contribution in [0.15, 0.2) is 0 Å². The van der Waals surface area contributed by atoms with Gasteiger partial charge in [-0.15, -0.1) is 0 Å². The van der Waals surface area contributed by atoms with Crippen molar-refractivity contribution in [1.29, 1.82) is 0 Å². The van der Waals surface area contributed by atoms with Gasteiger partial charge in [0.2, 0.25) is 5.88 Å². The maximum Gasteiger partial charge on any atom is 0.216 e. The lowest BCUT2D eigenvalue weighted by Gasteiger charge is -2.26. The van der Waals surface area contributed by atoms with Gasteiger partial charge in [-0.1, -0.05) is 6.42 Å². The summed E-state index contributed by atoms with van der Waals surface area (Å²) in [6, 6.07) is 0. The number of aryl methyl sites for hydroxylation is 2. The predicted molar refractivity (Wildman–Crippen MR) is 76.5 cm³/mol. The van der Waals surface area contributed by atoms with Crippen molar-refractivity contribution in [3.05, 3.63) is 11.3 Å². The molecule has 1 aliphatic rings. The lowest BCUT2D eigenvalue weighted by atomic mass is 10.1. The molecule has 1 aromatic rings. The standard InChI is InChI=1S/C14H26N4O/c1-12-13(14(19-3)17(2)16-12)11-15-7-10-18-8-5-4-6-9-18/h15H,4-11H2,1-3H3. The van der Waals surface area contributed by atoms with Gasteiger partial charge in [0.15, 0.2) is 0 Å². The van der Waals surface area contributed by atoms with Crippen LogP contribution in [0.25, 0.3) is 0 Å². The van der Waals surface area contributed by atoms with Gasteiger partial charge in [0.25, 0.3) is 0 Å². The van der Waals surface area contributed by atoms with Crippen molar-refractivity contribution in [2.75, 3.05) is 33.3 Å². The van der Waals surface area contributed by atoms with E-state index in [1.807, 2.05) is 14.0 Å². The van der Waals surface area contributed by atoms with E-state index in [1.165, 1.54) is 37.9 Å². The molecule has 0 radical (unpaired) electrons. The molecule has 0 unspecified atom stereocenters. The fourth-order valence-electron chi connectivity index (χ4n) is 2.77. The normalized spacial score (nSPS) is 16.8. The number of likely N-dealkylation sites (tertiary alicyclic amines) is 1. The fraction of sp³-hybridized carbons (Fsp3) is 0.786. The van der Waals surface area contributed by atoms with Crippen molar-refractivity contribution in [1.82, 2.24) is 20.0 Å². The maximum atomic E-state index is 5.39. The molecule has 5 heteroatoms. The van der Waals surface area contributed by atoms with Gasteiger partial charge in [-0.05, 0) is 32.9 Å². The third-order valence-corrected chi connectivity index (χ3v) is 3.84. The van der Waals surface area contributed by atoms with Gasteiger partial charge in [-0.2, -0.15) is 5.10 Å². The van der Waals surface area contributed by atoms with Gasteiger partial charge in [-0.25, -0.2) is 4.68 Å². The first-order chi connectivity index (χ1) is 9.22. The van der Waals surface area contributed by atoms with Gasteiger partial charge in [0.05, 0.1) is 18.4 Å². The monoisotopic (exact) mass is 266 g/mol. The summed E-state index contributed by atoms with van der Waals surface area (Å²) >= 11 is 0. The minimum Gasteiger partial charge on any atom is -0.481 e. The number of hydrogen-bond acceptors (Lipinski definition) is 4. The smallest absolute Gasteiger partial charge is 0.216 e. The van der Waals surface area contributed by atoms with Gasteiger partial charge in [0, 0.05) is 26.7 Å². The molecule has 0 spiro atoms. The Morgan fingerprint density at radius 1 is 1.26 bits per heavy atom. The molecule has 0 bridgehead atoms. The number of nitrogens with zero attached hydrogens (tertiary/aromatic N) is 3. The SMILES string of the molecule is COc1c(CNCCN2CCCCC2)c(C)nn1C. The van der Waals surface area contributed by atoms with Crippen LogP contribution in [0.4, 0.5) is 0 Å². The van der Waals surface area contributed by atoms with Crippen LogP contribution in [0.2, 0.25) is 0 Å². The van der Waals surface area contributed by atoms with Crippen LogP contribution < -0.4 is 10.1 Å². The van der Waals surface area contributed by atoms with Crippen LogP contribution >= 0.6 is 0 Å². The number of hydrogen-bond donors (Lipinski definition) is 1. The lowest BCUT2D eigenvalue weighted by molar-refractivity contribution is 0.229. The number of aromatic nitrogens is 2. The Hall–Kier alpha value is -1.07. The van der Waals surface area contributed by atoms with E-state index in [2.05, 4.69) is 15.3 Å². The van der Waals surface area contributed by atoms with Crippen LogP contribution in [-0.4, -0.2) is 48.0 Å². The Morgan fingerprint density at radius 3 is 2.68 bits per heavy atom. The molecule has 0 aromatic carbocycles. The zero-order valence-corrected chi connectivity index (χ0v) is 12.4. The van der Waals surface area contributed by atoms with Crippen LogP contribution in [-0.2, 0) is 13.6 Å². The largest absolute Gasteiger partial charge is 0.481 e. The van der Waals surface area contributed by atoms with Crippen molar-refractivity contribution in [3.8, 4) is 5.88 Å². The summed E-state index contributed by atoms with van der Waals surface area (Å²) in [4.78, 5) is 2.55. The molecule has 108 valence electrons. The van der Waals surface area contributed by atoms with Crippen molar-refractivity contribution in [2.45, 2.75) is 32.7 Å². The Balaban J connectivity index is 1.76. The first kappa shape index (κ1) is 14.3. The van der Waals surface area contributed by atoms with E-state index < -0.39 is 0 Å². The zero-order valence-electron chi connectivity index (χ0n) is 12.4. The maximum absolute atomic E-state index is 5.39. The van der Waals surface area contributed by atoms with E-state index in [0.717, 1.165) is 31.2 Å². The highest BCUT2D eigenvalue weighted by Crippen LogP contribution is 2.20. The van der Waals surface area contributed by atoms with Crippen molar-refractivity contribution < 1.29 is 4.74 Å². The average Bonchev–Trinajstić information content (AvgIpc) is 2.70. The summed E-state index contributed by atoms with van der Waals surface area (Å²) in [6.45, 7) is 7.55. The third-order valence-electron chi connectivity index (χ3n) is 3.84. The molecule has 0 amide bonds. The highest BCUT2D eigenvalue weighted by Gasteiger charge is 2.13. The Bertz CT molecular complexity index is 396. The summed E-state index contributed by atoms with van der Waals surface area (Å²) in [7, 11) is 3.62. The summed E-state index contributed by atoms with van der Waals surface area (Å²) in [6.07, 6.45) is 4.11. The van der Waals surface area contributed by atoms with Gasteiger partial charge >= 0.3 is 0 Å². The molecule has 0 aliphatic carbocycles. The summed E-state index contributed by atoms with van der Waals surface area (Å²) < 4.78 is 7.20. The molecule has 1 N–H and O–H groups in total. The molecule has 19 heavy (non-hydrogen) atoms. The quantitative estimate of drug-likeness (QED) is 0.788. The van der Waals surface area contributed by atoms with E-state index in [1.54, 1.807) is 11.8 Å². The van der Waals surface area contributed by atoms with Gasteiger partial charge in [0.1, 0.15) is 0 Å². The molecule has 1 fully saturated rings.